The number of carbonyl (C=O) groups excluding carboxylic acids is 3. The summed E-state index contributed by atoms with van der Waals surface area (Å²) >= 11 is 1.99. The lowest BCUT2D eigenvalue weighted by Crippen LogP contribution is -2.54. The Morgan fingerprint density at radius 2 is 1.86 bits per heavy atom. The van der Waals surface area contributed by atoms with Crippen LogP contribution in [-0.4, -0.2) is 29.9 Å². The van der Waals surface area contributed by atoms with Gasteiger partial charge in [-0.15, -0.1) is 0 Å². The van der Waals surface area contributed by atoms with Gasteiger partial charge < -0.3 is 9.47 Å². The molecule has 0 unspecified atom stereocenters. The van der Waals surface area contributed by atoms with Crippen LogP contribution in [-0.2, 0) is 16.2 Å². The van der Waals surface area contributed by atoms with Crippen molar-refractivity contribution in [3.05, 3.63) is 96.9 Å². The van der Waals surface area contributed by atoms with E-state index in [0.29, 0.717) is 31.1 Å². The van der Waals surface area contributed by atoms with Crippen molar-refractivity contribution in [3.63, 3.8) is 0 Å². The number of barbiturate groups is 1. The number of urea groups is 1. The van der Waals surface area contributed by atoms with E-state index in [4.69, 9.17) is 9.47 Å². The summed E-state index contributed by atoms with van der Waals surface area (Å²) in [6.45, 7) is 0.0751. The maximum Gasteiger partial charge on any atom is 0.335 e. The smallest absolute Gasteiger partial charge is 0.335 e. The molecule has 4 amide bonds. The van der Waals surface area contributed by atoms with Crippen molar-refractivity contribution in [1.82, 2.24) is 5.32 Å². The number of hydrogen-bond donors (Lipinski definition) is 1. The molecule has 188 valence electrons. The van der Waals surface area contributed by atoms with Gasteiger partial charge in [0.05, 0.1) is 21.3 Å². The number of amides is 4. The highest BCUT2D eigenvalue weighted by Crippen LogP contribution is 2.35. The van der Waals surface area contributed by atoms with Gasteiger partial charge >= 0.3 is 6.03 Å². The lowest BCUT2D eigenvalue weighted by atomic mass is 10.1. The molecule has 10 nitrogen and oxygen atoms in total. The van der Waals surface area contributed by atoms with E-state index in [9.17, 15) is 28.9 Å². The SMILES string of the molecule is COc1cc(/C=C2\C(=O)NC(=O)N(c3cccc([N+](=O)[O-])c3)C2=O)cc(I)c1OCc1cccc(F)c1. The molecule has 0 aliphatic carbocycles. The summed E-state index contributed by atoms with van der Waals surface area (Å²) in [6.07, 6.45) is 1.27. The molecule has 1 fully saturated rings. The van der Waals surface area contributed by atoms with Crippen molar-refractivity contribution in [3.8, 4) is 11.5 Å². The van der Waals surface area contributed by atoms with Gasteiger partial charge in [-0.1, -0.05) is 18.2 Å². The highest BCUT2D eigenvalue weighted by atomic mass is 127. The summed E-state index contributed by atoms with van der Waals surface area (Å²) in [7, 11) is 1.42. The number of nitrogens with one attached hydrogen (secondary N) is 1. The minimum atomic E-state index is -1.03. The number of imide groups is 2. The van der Waals surface area contributed by atoms with E-state index in [-0.39, 0.29) is 23.6 Å². The van der Waals surface area contributed by atoms with Crippen LogP contribution in [0.2, 0.25) is 0 Å². The van der Waals surface area contributed by atoms with Crippen LogP contribution in [0.1, 0.15) is 11.1 Å². The number of nitro benzene ring substituents is 1. The van der Waals surface area contributed by atoms with E-state index in [1.54, 1.807) is 18.2 Å². The molecule has 0 radical (unpaired) electrons. The molecular formula is C25H17FIN3O7. The van der Waals surface area contributed by atoms with Gasteiger partial charge in [-0.05, 0) is 70.1 Å². The van der Waals surface area contributed by atoms with Crippen LogP contribution in [0, 0.1) is 19.5 Å². The van der Waals surface area contributed by atoms with E-state index in [1.165, 1.54) is 49.6 Å². The molecule has 1 saturated heterocycles. The van der Waals surface area contributed by atoms with Crippen LogP contribution in [0.3, 0.4) is 0 Å². The second kappa shape index (κ2) is 10.7. The van der Waals surface area contributed by atoms with Crippen molar-refractivity contribution in [2.45, 2.75) is 6.61 Å². The van der Waals surface area contributed by atoms with E-state index in [0.717, 1.165) is 6.07 Å². The standard InChI is InChI=1S/C25H17FIN3O7/c1-36-21-11-15(10-20(27)22(21)37-13-14-4-2-5-16(26)8-14)9-19-23(31)28-25(33)29(24(19)32)17-6-3-7-18(12-17)30(34)35/h2-12H,13H2,1H3,(H,28,31,33)/b19-9+. The molecule has 1 aliphatic heterocycles. The molecule has 0 aromatic heterocycles. The Labute approximate surface area is 223 Å². The molecule has 3 aromatic rings. The average molecular weight is 617 g/mol. The lowest BCUT2D eigenvalue weighted by Gasteiger charge is -2.26. The van der Waals surface area contributed by atoms with Crippen LogP contribution in [0.5, 0.6) is 11.5 Å². The first-order chi connectivity index (χ1) is 17.7. The zero-order valence-corrected chi connectivity index (χ0v) is 21.2. The van der Waals surface area contributed by atoms with Gasteiger partial charge in [0.2, 0.25) is 0 Å². The Bertz CT molecular complexity index is 1470. The molecule has 3 aromatic carbocycles. The summed E-state index contributed by atoms with van der Waals surface area (Å²) in [5.41, 5.74) is 0.250. The Hall–Kier alpha value is -4.33. The number of anilines is 1. The van der Waals surface area contributed by atoms with Gasteiger partial charge in [-0.2, -0.15) is 0 Å². The first-order valence-electron chi connectivity index (χ1n) is 10.6. The topological polar surface area (TPSA) is 128 Å². The highest BCUT2D eigenvalue weighted by Gasteiger charge is 2.37. The lowest BCUT2D eigenvalue weighted by molar-refractivity contribution is -0.384. The number of ether oxygens (including phenoxy) is 2. The maximum absolute atomic E-state index is 13.5. The molecule has 0 saturated carbocycles. The molecule has 1 N–H and O–H groups in total. The minimum Gasteiger partial charge on any atom is -0.493 e. The maximum atomic E-state index is 13.5. The highest BCUT2D eigenvalue weighted by molar-refractivity contribution is 14.1. The fourth-order valence-electron chi connectivity index (χ4n) is 3.55. The first-order valence-corrected chi connectivity index (χ1v) is 11.7. The van der Waals surface area contributed by atoms with Crippen molar-refractivity contribution in [1.29, 1.82) is 0 Å². The summed E-state index contributed by atoms with van der Waals surface area (Å²) < 4.78 is 25.3. The fourth-order valence-corrected chi connectivity index (χ4v) is 4.33. The molecule has 12 heteroatoms. The Kier molecular flexibility index (Phi) is 7.47. The first kappa shape index (κ1) is 25.8. The third kappa shape index (κ3) is 5.58. The number of hydrogen-bond acceptors (Lipinski definition) is 7. The van der Waals surface area contributed by atoms with Gasteiger partial charge in [-0.3, -0.25) is 25.0 Å². The quantitative estimate of drug-likeness (QED) is 0.135. The van der Waals surface area contributed by atoms with Crippen LogP contribution < -0.4 is 19.7 Å². The Morgan fingerprint density at radius 3 is 2.57 bits per heavy atom. The number of halogens is 2. The number of methoxy groups -OCH3 is 1. The number of non-ortho nitro benzene ring substituents is 1. The number of rotatable bonds is 7. The van der Waals surface area contributed by atoms with Gasteiger partial charge in [0.25, 0.3) is 17.5 Å². The van der Waals surface area contributed by atoms with Gasteiger partial charge in [0.15, 0.2) is 11.5 Å². The van der Waals surface area contributed by atoms with E-state index in [2.05, 4.69) is 5.32 Å². The van der Waals surface area contributed by atoms with Crippen LogP contribution >= 0.6 is 22.6 Å². The summed E-state index contributed by atoms with van der Waals surface area (Å²) in [5.74, 6) is -1.59. The molecule has 37 heavy (non-hydrogen) atoms. The molecule has 0 bridgehead atoms. The summed E-state index contributed by atoms with van der Waals surface area (Å²) in [6, 6.07) is 13.0. The average Bonchev–Trinajstić information content (AvgIpc) is 2.85. The third-order valence-corrected chi connectivity index (χ3v) is 6.04. The van der Waals surface area contributed by atoms with E-state index >= 15 is 0 Å². The van der Waals surface area contributed by atoms with Crippen LogP contribution in [0.25, 0.3) is 6.08 Å². The number of nitro groups is 1. The number of benzene rings is 3. The van der Waals surface area contributed by atoms with Gasteiger partial charge in [0.1, 0.15) is 18.0 Å². The van der Waals surface area contributed by atoms with Gasteiger partial charge in [0, 0.05) is 12.1 Å². The van der Waals surface area contributed by atoms with Crippen molar-refractivity contribution >= 4 is 57.9 Å². The molecule has 4 rings (SSSR count). The minimum absolute atomic E-state index is 0.0663. The number of carbonyl (C=O) groups is 3. The summed E-state index contributed by atoms with van der Waals surface area (Å²) in [4.78, 5) is 49.2. The van der Waals surface area contributed by atoms with Crippen molar-refractivity contribution < 1.29 is 33.2 Å². The molecule has 0 atom stereocenters. The molecule has 1 aliphatic rings. The van der Waals surface area contributed by atoms with E-state index in [1.807, 2.05) is 22.6 Å². The molecule has 0 spiro atoms. The predicted molar refractivity (Wildman–Crippen MR) is 139 cm³/mol. The third-order valence-electron chi connectivity index (χ3n) is 5.24. The number of nitrogens with zero attached hydrogens (tertiary/aromatic N) is 2. The predicted octanol–water partition coefficient (Wildman–Crippen LogP) is 4.59. The van der Waals surface area contributed by atoms with Gasteiger partial charge in [-0.25, -0.2) is 14.1 Å². The summed E-state index contributed by atoms with van der Waals surface area (Å²) in [5, 5.41) is 13.2. The normalized spacial score (nSPS) is 14.5. The van der Waals surface area contributed by atoms with Crippen molar-refractivity contribution in [2.75, 3.05) is 12.0 Å². The second-order valence-electron chi connectivity index (χ2n) is 7.69. The fraction of sp³-hybridized carbons (Fsp3) is 0.0800. The second-order valence-corrected chi connectivity index (χ2v) is 8.85. The Balaban J connectivity index is 1.65. The van der Waals surface area contributed by atoms with Crippen LogP contribution in [0.4, 0.5) is 20.6 Å². The zero-order chi connectivity index (χ0) is 26.7. The monoisotopic (exact) mass is 617 g/mol. The molecule has 1 heterocycles. The zero-order valence-electron chi connectivity index (χ0n) is 19.1. The molecular weight excluding hydrogens is 600 g/mol. The Morgan fingerprint density at radius 1 is 1.11 bits per heavy atom. The van der Waals surface area contributed by atoms with Crippen LogP contribution in [0.15, 0.2) is 66.2 Å². The van der Waals surface area contributed by atoms with E-state index < -0.39 is 28.6 Å². The van der Waals surface area contributed by atoms with Crippen molar-refractivity contribution in [2.24, 2.45) is 0 Å². The largest absolute Gasteiger partial charge is 0.493 e.